The molecule has 692 valence electrons. The summed E-state index contributed by atoms with van der Waals surface area (Å²) in [5, 5.41) is 79.2. The molecule has 0 bridgehead atoms. The van der Waals surface area contributed by atoms with Crippen LogP contribution in [0.2, 0.25) is 10.0 Å². The molecule has 26 nitrogen and oxygen atoms in total. The molecular formula is C104H102Cl2F3N17O9. The fourth-order valence-electron chi connectivity index (χ4n) is 17.8. The maximum absolute atomic E-state index is 15.4. The molecule has 0 radical (unpaired) electrons. The average Bonchev–Trinajstić information content (AvgIpc) is 1.69. The number of nitrogen functional groups attached to an aromatic ring is 1. The summed E-state index contributed by atoms with van der Waals surface area (Å²) in [5.41, 5.74) is 28.3. The van der Waals surface area contributed by atoms with Crippen LogP contribution in [-0.4, -0.2) is 115 Å². The van der Waals surface area contributed by atoms with Crippen molar-refractivity contribution < 1.29 is 57.3 Å². The Bertz CT molecular complexity index is 6080. The molecule has 6 fully saturated rings. The van der Waals surface area contributed by atoms with Crippen LogP contribution in [0.5, 0.6) is 0 Å². The normalized spacial score (nSPS) is 20.1. The number of urea groups is 3. The second kappa shape index (κ2) is 41.2. The van der Waals surface area contributed by atoms with Crippen molar-refractivity contribution in [2.75, 3.05) is 57.3 Å². The van der Waals surface area contributed by atoms with Crippen LogP contribution in [0.1, 0.15) is 158 Å². The summed E-state index contributed by atoms with van der Waals surface area (Å²) in [4.78, 5) is 89.1. The van der Waals surface area contributed by atoms with Crippen molar-refractivity contribution in [3.63, 3.8) is 0 Å². The number of halogens is 5. The minimum Gasteiger partial charge on any atom is -0.399 e. The lowest BCUT2D eigenvalue weighted by atomic mass is 9.79. The molecular weight excluding hydrogens is 1760 g/mol. The van der Waals surface area contributed by atoms with Crippen molar-refractivity contribution in [2.45, 2.75) is 148 Å². The molecule has 135 heavy (non-hydrogen) atoms. The molecule has 10 aromatic carbocycles. The Morgan fingerprint density at radius 1 is 0.422 bits per heavy atom. The van der Waals surface area contributed by atoms with Gasteiger partial charge in [-0.05, 0) is 234 Å². The van der Waals surface area contributed by atoms with Crippen LogP contribution in [0.4, 0.5) is 67.5 Å². The van der Waals surface area contributed by atoms with Crippen LogP contribution < -0.4 is 54.8 Å². The van der Waals surface area contributed by atoms with Crippen LogP contribution in [-0.2, 0) is 42.2 Å². The third-order valence-corrected chi connectivity index (χ3v) is 26.6. The lowest BCUT2D eigenvalue weighted by Crippen LogP contribution is -2.45. The highest BCUT2D eigenvalue weighted by molar-refractivity contribution is 6.31. The Balaban J connectivity index is 0.000000155. The minimum atomic E-state index is -1.55. The first-order chi connectivity index (χ1) is 64.8. The van der Waals surface area contributed by atoms with Gasteiger partial charge in [-0.2, -0.15) is 15.8 Å². The zero-order chi connectivity index (χ0) is 95.5. The summed E-state index contributed by atoms with van der Waals surface area (Å²) in [6.45, 7) is -0.414. The Morgan fingerprint density at radius 3 is 1.13 bits per heavy atom. The number of benzene rings is 10. The fraction of sp³-hybridized carbons (Fsp3) is 0.288. The van der Waals surface area contributed by atoms with Gasteiger partial charge in [0.05, 0.1) is 92.8 Å². The van der Waals surface area contributed by atoms with Gasteiger partial charge in [0.15, 0.2) is 0 Å². The van der Waals surface area contributed by atoms with E-state index in [-0.39, 0.29) is 61.8 Å². The van der Waals surface area contributed by atoms with E-state index in [1.165, 1.54) is 63.4 Å². The molecule has 3 saturated carbocycles. The van der Waals surface area contributed by atoms with E-state index < -0.39 is 105 Å². The Kier molecular flexibility index (Phi) is 29.2. The second-order valence-electron chi connectivity index (χ2n) is 35.8. The number of hydrogen-bond donors (Lipinski definition) is 13. The van der Waals surface area contributed by atoms with E-state index in [0.29, 0.717) is 114 Å². The van der Waals surface area contributed by atoms with E-state index in [9.17, 15) is 59.9 Å². The molecule has 3 aliphatic heterocycles. The van der Waals surface area contributed by atoms with Gasteiger partial charge in [-0.15, -0.1) is 0 Å². The summed E-state index contributed by atoms with van der Waals surface area (Å²) >= 11 is 11.9. The SMILES string of the molecule is N#Cc1cccc(C(N)(CCC2CC2)c2ccc(F)c(NC(=O)[C@H]3C[C@@H](O)CN3C(=O)Nc3ccc(N)cc3)c2)c1.N#Cc1cccc(C(N)(CCC2CC2)c2ccc(F)c(NC(=O)[C@H]3C[C@](O)(c4ccccc4)CN3C(=O)Nc3ccc(Cl)cc3)c2)c1.N#Cc1cccc(C(N)(CCC2CC2)c2ccc(F)c(NC(=O)[C@H]3C[C@](O)(c4ccccc4)CN3C(=O)Nc3ccc(Cl)cn3)c2)c1. The van der Waals surface area contributed by atoms with E-state index in [1.54, 1.807) is 182 Å². The zero-order valence-corrected chi connectivity index (χ0v) is 75.2. The van der Waals surface area contributed by atoms with Crippen molar-refractivity contribution >= 4 is 99.0 Å². The van der Waals surface area contributed by atoms with Crippen LogP contribution in [0.3, 0.4) is 0 Å². The predicted molar refractivity (Wildman–Crippen MR) is 510 cm³/mol. The number of nitrogens with two attached hydrogens (primary N) is 4. The van der Waals surface area contributed by atoms with E-state index in [2.05, 4.69) is 55.1 Å². The number of nitriles is 3. The number of nitrogens with zero attached hydrogens (tertiary/aromatic N) is 7. The minimum absolute atomic E-state index is 0.00542. The van der Waals surface area contributed by atoms with Gasteiger partial charge in [0, 0.05) is 54.1 Å². The zero-order valence-electron chi connectivity index (χ0n) is 73.6. The quantitative estimate of drug-likeness (QED) is 0.0224. The molecule has 31 heteroatoms. The van der Waals surface area contributed by atoms with Crippen LogP contribution in [0.25, 0.3) is 0 Å². The number of carbonyl (C=O) groups excluding carboxylic acids is 6. The highest BCUT2D eigenvalue weighted by Gasteiger charge is 2.52. The Labute approximate surface area is 789 Å². The number of anilines is 7. The van der Waals surface area contributed by atoms with Gasteiger partial charge in [-0.1, -0.05) is 177 Å². The first-order valence-electron chi connectivity index (χ1n) is 44.7. The van der Waals surface area contributed by atoms with E-state index >= 15 is 13.2 Å². The number of β-amino-alcohol motifs (C(OH)–C–C–N with tert-alkyl or cyclic N) is 3. The maximum Gasteiger partial charge on any atom is 0.323 e. The highest BCUT2D eigenvalue weighted by atomic mass is 35.5. The molecule has 0 spiro atoms. The molecule has 11 aromatic rings. The van der Waals surface area contributed by atoms with Gasteiger partial charge in [-0.25, -0.2) is 32.5 Å². The van der Waals surface area contributed by atoms with E-state index in [1.807, 2.05) is 24.3 Å². The fourth-order valence-corrected chi connectivity index (χ4v) is 18.1. The average molecular weight is 1860 g/mol. The van der Waals surface area contributed by atoms with Gasteiger partial charge in [0.25, 0.3) is 0 Å². The molecule has 17 N–H and O–H groups in total. The van der Waals surface area contributed by atoms with Crippen molar-refractivity contribution in [2.24, 2.45) is 35.0 Å². The molecule has 17 rings (SSSR count). The van der Waals surface area contributed by atoms with Crippen molar-refractivity contribution in [1.82, 2.24) is 19.7 Å². The van der Waals surface area contributed by atoms with Crippen LogP contribution in [0.15, 0.2) is 255 Å². The monoisotopic (exact) mass is 1860 g/mol. The molecule has 3 unspecified atom stereocenters. The number of likely N-dealkylation sites (tertiary alicyclic amines) is 3. The van der Waals surface area contributed by atoms with Crippen LogP contribution in [0, 0.1) is 69.2 Å². The van der Waals surface area contributed by atoms with E-state index in [4.69, 9.17) is 46.1 Å². The van der Waals surface area contributed by atoms with Gasteiger partial charge in [0.2, 0.25) is 17.7 Å². The summed E-state index contributed by atoms with van der Waals surface area (Å²) in [5.74, 6) is -2.04. The third-order valence-electron chi connectivity index (χ3n) is 26.2. The van der Waals surface area contributed by atoms with Crippen molar-refractivity contribution in [3.05, 3.63) is 344 Å². The molecule has 9 atom stereocenters. The topological polar surface area (TPSA) is 433 Å². The smallest absolute Gasteiger partial charge is 0.323 e. The number of aromatic nitrogens is 1. The number of pyridine rings is 1. The molecule has 3 aliphatic carbocycles. The Morgan fingerprint density at radius 2 is 0.770 bits per heavy atom. The van der Waals surface area contributed by atoms with Gasteiger partial charge in [-0.3, -0.25) is 19.7 Å². The summed E-state index contributed by atoms with van der Waals surface area (Å²) in [7, 11) is 0. The predicted octanol–water partition coefficient (Wildman–Crippen LogP) is 17.4. The summed E-state index contributed by atoms with van der Waals surface area (Å²) in [6, 6.07) is 69.3. The molecule has 3 saturated heterocycles. The number of hydrogen-bond acceptors (Lipinski definition) is 17. The van der Waals surface area contributed by atoms with Gasteiger partial charge < -0.3 is 79.5 Å². The molecule has 4 heterocycles. The lowest BCUT2D eigenvalue weighted by Gasteiger charge is -2.32. The first kappa shape index (κ1) is 95.6. The second-order valence-corrected chi connectivity index (χ2v) is 36.7. The van der Waals surface area contributed by atoms with E-state index in [0.717, 1.165) is 68.9 Å². The van der Waals surface area contributed by atoms with Crippen LogP contribution >= 0.6 is 23.2 Å². The van der Waals surface area contributed by atoms with Crippen molar-refractivity contribution in [3.8, 4) is 18.2 Å². The number of aliphatic hydroxyl groups excluding tert-OH is 1. The lowest BCUT2D eigenvalue weighted by molar-refractivity contribution is -0.120. The molecule has 9 amide bonds. The largest absolute Gasteiger partial charge is 0.399 e. The third kappa shape index (κ3) is 22.9. The number of carbonyl (C=O) groups is 6. The number of amides is 9. The van der Waals surface area contributed by atoms with Crippen molar-refractivity contribution in [1.29, 1.82) is 15.8 Å². The number of rotatable bonds is 26. The first-order valence-corrected chi connectivity index (χ1v) is 45.5. The summed E-state index contributed by atoms with van der Waals surface area (Å²) < 4.78 is 45.8. The summed E-state index contributed by atoms with van der Waals surface area (Å²) in [6.07, 6.45) is 11.4. The number of nitrogens with one attached hydrogen (secondary N) is 6. The standard InChI is InChI=1S/C37H35ClFN5O3.C36H34ClFN6O3.C31H33FN6O3/c38-29-12-14-30(15-13-29)42-35(46)44-23-36(47,26-6-2-1-3-7-26)21-33(44)34(45)43-32-20-28(11-16-31(32)39)37(41,18-17-24-9-10-24)27-8-4-5-25(19-27)22-40;37-28-12-14-32(41-21-28)43-34(46)44-22-35(47,25-6-2-1-3-7-25)19-31(44)33(45)42-30-18-27(11-13-29(30)38)36(40,16-15-23-9-10-23)26-8-4-5-24(17-26)20-39;32-26-11-6-22(31(35,13-12-19-4-5-19)21-3-1-2-20(14-21)17-33)15-27(26)37-29(40)28-16-25(39)18-38(28)30(41)36-24-9-7-23(34)8-10-24/h1-8,11-16,19-20,24,33,47H,9-10,17-18,21,23,41H2,(H,42,46)(H,43,45);1-8,11-14,17-18,21,23,31,47H,9-10,15-16,19,22,40H2,(H,42,45)(H,41,43,46);1-3,6-11,14-15,19,25,28,39H,4-5,12-13,16,18,34-35H2,(H,36,41)(H,37,40)/t33-,36-,37?;31-,35-,36?;25-,28-,31?/m111/s1. The molecule has 6 aliphatic rings. The number of aliphatic hydroxyl groups is 3. The maximum atomic E-state index is 15.4. The Hall–Kier alpha value is -14.0. The van der Waals surface area contributed by atoms with Gasteiger partial charge in [0.1, 0.15) is 52.6 Å². The molecule has 1 aromatic heterocycles. The van der Waals surface area contributed by atoms with Gasteiger partial charge >= 0.3 is 18.1 Å². The highest BCUT2D eigenvalue weighted by Crippen LogP contribution is 2.47.